The molecule has 0 fully saturated rings. The number of nitrogens with zero attached hydrogens (tertiary/aromatic N) is 1. The molecule has 0 saturated heterocycles. The van der Waals surface area contributed by atoms with Crippen LogP contribution in [0.4, 0.5) is 5.69 Å². The number of aliphatic hydroxyl groups excluding tert-OH is 3. The molecular weight excluding hydrogens is 286 g/mol. The van der Waals surface area contributed by atoms with Crippen molar-refractivity contribution in [3.05, 3.63) is 29.8 Å². The van der Waals surface area contributed by atoms with Gasteiger partial charge in [-0.25, -0.2) is 0 Å². The second kappa shape index (κ2) is 6.96. The molecule has 0 saturated carbocycles. The third-order valence-corrected chi connectivity index (χ3v) is 3.30. The number of hydrogen-bond acceptors (Lipinski definition) is 4. The van der Waals surface area contributed by atoms with Gasteiger partial charge >= 0.3 is 0 Å². The molecule has 0 aliphatic heterocycles. The summed E-state index contributed by atoms with van der Waals surface area (Å²) < 4.78 is 0. The molecule has 3 N–H and O–H groups in total. The Morgan fingerprint density at radius 1 is 1.24 bits per heavy atom. The van der Waals surface area contributed by atoms with Gasteiger partial charge in [0.15, 0.2) is 0 Å². The Morgan fingerprint density at radius 2 is 1.82 bits per heavy atom. The molecule has 4 nitrogen and oxygen atoms in total. The van der Waals surface area contributed by atoms with Crippen LogP contribution in [0.5, 0.6) is 0 Å². The lowest BCUT2D eigenvalue weighted by atomic mass is 10.1. The quantitative estimate of drug-likeness (QED) is 0.684. The third kappa shape index (κ3) is 3.96. The Labute approximate surface area is 110 Å². The van der Waals surface area contributed by atoms with Gasteiger partial charge < -0.3 is 20.2 Å². The van der Waals surface area contributed by atoms with E-state index in [1.54, 1.807) is 12.1 Å². The lowest BCUT2D eigenvalue weighted by Gasteiger charge is -2.20. The molecule has 0 aliphatic carbocycles. The van der Waals surface area contributed by atoms with Crippen LogP contribution < -0.4 is 4.90 Å². The molecule has 96 valence electrons. The highest BCUT2D eigenvalue weighted by molar-refractivity contribution is 9.09. The molecule has 2 unspecified atom stereocenters. The molecule has 0 heterocycles. The topological polar surface area (TPSA) is 63.9 Å². The number of benzene rings is 1. The zero-order valence-corrected chi connectivity index (χ0v) is 11.3. The summed E-state index contributed by atoms with van der Waals surface area (Å²) in [5.41, 5.74) is 1.64. The Morgan fingerprint density at radius 3 is 2.29 bits per heavy atom. The number of likely N-dealkylation sites (N-methyl/N-ethyl adjacent to an activating group) is 1. The van der Waals surface area contributed by atoms with Crippen molar-refractivity contribution in [1.29, 1.82) is 0 Å². The van der Waals surface area contributed by atoms with Gasteiger partial charge in [-0.05, 0) is 17.7 Å². The molecule has 0 radical (unpaired) electrons. The van der Waals surface area contributed by atoms with Gasteiger partial charge in [-0.2, -0.15) is 0 Å². The Balaban J connectivity index is 2.73. The largest absolute Gasteiger partial charge is 0.395 e. The molecule has 0 aromatic heterocycles. The van der Waals surface area contributed by atoms with Crippen molar-refractivity contribution in [3.8, 4) is 0 Å². The maximum absolute atomic E-state index is 9.79. The van der Waals surface area contributed by atoms with Crippen molar-refractivity contribution >= 4 is 21.6 Å². The van der Waals surface area contributed by atoms with Crippen molar-refractivity contribution < 1.29 is 15.3 Å². The van der Waals surface area contributed by atoms with Gasteiger partial charge in [-0.1, -0.05) is 28.1 Å². The molecule has 5 heteroatoms. The molecule has 0 spiro atoms. The van der Waals surface area contributed by atoms with Crippen LogP contribution in [0.15, 0.2) is 24.3 Å². The van der Waals surface area contributed by atoms with Crippen LogP contribution in [0.1, 0.15) is 11.7 Å². The van der Waals surface area contributed by atoms with E-state index in [2.05, 4.69) is 15.9 Å². The monoisotopic (exact) mass is 303 g/mol. The third-order valence-electron chi connectivity index (χ3n) is 2.63. The molecule has 2 atom stereocenters. The van der Waals surface area contributed by atoms with Gasteiger partial charge in [0, 0.05) is 24.6 Å². The zero-order valence-electron chi connectivity index (χ0n) is 9.75. The highest BCUT2D eigenvalue weighted by atomic mass is 79.9. The van der Waals surface area contributed by atoms with Gasteiger partial charge in [0.1, 0.15) is 6.10 Å². The second-order valence-corrected chi connectivity index (χ2v) is 4.55. The van der Waals surface area contributed by atoms with E-state index in [-0.39, 0.29) is 6.61 Å². The summed E-state index contributed by atoms with van der Waals surface area (Å²) in [6, 6.07) is 7.27. The van der Waals surface area contributed by atoms with Crippen LogP contribution in [0, 0.1) is 0 Å². The van der Waals surface area contributed by atoms with Crippen molar-refractivity contribution in [1.82, 2.24) is 0 Å². The molecule has 0 bridgehead atoms. The lowest BCUT2D eigenvalue weighted by Crippen LogP contribution is -2.22. The van der Waals surface area contributed by atoms with E-state index in [1.807, 2.05) is 24.1 Å². The first-order chi connectivity index (χ1) is 8.10. The molecule has 1 aromatic carbocycles. The summed E-state index contributed by atoms with van der Waals surface area (Å²) in [7, 11) is 1.88. The minimum atomic E-state index is -0.883. The van der Waals surface area contributed by atoms with E-state index in [0.717, 1.165) is 5.69 Å². The van der Waals surface area contributed by atoms with Crippen molar-refractivity contribution in [2.24, 2.45) is 0 Å². The number of alkyl halides is 1. The summed E-state index contributed by atoms with van der Waals surface area (Å²) in [4.78, 5) is 1.91. The van der Waals surface area contributed by atoms with Crippen LogP contribution in [-0.2, 0) is 0 Å². The normalized spacial score (nSPS) is 14.4. The minimum Gasteiger partial charge on any atom is -0.395 e. The van der Waals surface area contributed by atoms with E-state index in [4.69, 9.17) is 5.11 Å². The highest BCUT2D eigenvalue weighted by Crippen LogP contribution is 2.21. The maximum Gasteiger partial charge on any atom is 0.106 e. The van der Waals surface area contributed by atoms with E-state index >= 15 is 0 Å². The summed E-state index contributed by atoms with van der Waals surface area (Å²) in [5, 5.41) is 28.4. The van der Waals surface area contributed by atoms with E-state index < -0.39 is 12.2 Å². The second-order valence-electron chi connectivity index (χ2n) is 3.90. The summed E-state index contributed by atoms with van der Waals surface area (Å²) in [6.07, 6.45) is -1.69. The Bertz CT molecular complexity index is 331. The number of halogens is 1. The van der Waals surface area contributed by atoms with Crippen LogP contribution in [0.25, 0.3) is 0 Å². The number of aliphatic hydroxyl groups is 3. The smallest absolute Gasteiger partial charge is 0.106 e. The van der Waals surface area contributed by atoms with Crippen molar-refractivity contribution in [3.63, 3.8) is 0 Å². The number of anilines is 1. The lowest BCUT2D eigenvalue weighted by molar-refractivity contribution is 0.0343. The fourth-order valence-electron chi connectivity index (χ4n) is 1.51. The minimum absolute atomic E-state index is 0.100. The van der Waals surface area contributed by atoms with Gasteiger partial charge in [0.05, 0.1) is 12.7 Å². The predicted octanol–water partition coefficient (Wildman–Crippen LogP) is 0.904. The fraction of sp³-hybridized carbons (Fsp3) is 0.500. The van der Waals surface area contributed by atoms with Crippen LogP contribution in [0.2, 0.25) is 0 Å². The van der Waals surface area contributed by atoms with E-state index in [0.29, 0.717) is 17.4 Å². The SMILES string of the molecule is CN(CCO)c1ccc(C(O)C(O)CBr)cc1. The highest BCUT2D eigenvalue weighted by Gasteiger charge is 2.16. The van der Waals surface area contributed by atoms with Gasteiger partial charge in [-0.15, -0.1) is 0 Å². The molecule has 1 rings (SSSR count). The standard InChI is InChI=1S/C12H18BrNO3/c1-14(6-7-15)10-4-2-9(3-5-10)12(17)11(16)8-13/h2-5,11-12,15-17H,6-8H2,1H3. The Hall–Kier alpha value is -0.620. The predicted molar refractivity (Wildman–Crippen MR) is 71.6 cm³/mol. The van der Waals surface area contributed by atoms with E-state index in [9.17, 15) is 10.2 Å². The van der Waals surface area contributed by atoms with Gasteiger partial charge in [-0.3, -0.25) is 0 Å². The molecular formula is C12H18BrNO3. The van der Waals surface area contributed by atoms with Gasteiger partial charge in [0.25, 0.3) is 0 Å². The summed E-state index contributed by atoms with van der Waals surface area (Å²) in [5.74, 6) is 0. The van der Waals surface area contributed by atoms with Crippen molar-refractivity contribution in [2.75, 3.05) is 30.4 Å². The molecule has 17 heavy (non-hydrogen) atoms. The van der Waals surface area contributed by atoms with Crippen molar-refractivity contribution in [2.45, 2.75) is 12.2 Å². The number of hydrogen-bond donors (Lipinski definition) is 3. The van der Waals surface area contributed by atoms with Crippen LogP contribution in [-0.4, -0.2) is 47.0 Å². The molecule has 1 aromatic rings. The van der Waals surface area contributed by atoms with Gasteiger partial charge in [0.2, 0.25) is 0 Å². The fourth-order valence-corrected chi connectivity index (χ4v) is 1.87. The summed E-state index contributed by atoms with van der Waals surface area (Å²) >= 11 is 3.12. The Kier molecular flexibility index (Phi) is 5.91. The molecule has 0 amide bonds. The average Bonchev–Trinajstić information content (AvgIpc) is 2.37. The average molecular weight is 304 g/mol. The zero-order chi connectivity index (χ0) is 12.8. The first-order valence-corrected chi connectivity index (χ1v) is 6.56. The number of rotatable bonds is 6. The van der Waals surface area contributed by atoms with E-state index in [1.165, 1.54) is 0 Å². The van der Waals surface area contributed by atoms with Crippen LogP contribution in [0.3, 0.4) is 0 Å². The molecule has 0 aliphatic rings. The first kappa shape index (κ1) is 14.4. The van der Waals surface area contributed by atoms with Crippen LogP contribution >= 0.6 is 15.9 Å². The maximum atomic E-state index is 9.79. The summed E-state index contributed by atoms with van der Waals surface area (Å²) in [6.45, 7) is 0.662. The first-order valence-electron chi connectivity index (χ1n) is 5.44.